The van der Waals surface area contributed by atoms with Crippen molar-refractivity contribution >= 4 is 11.9 Å². The van der Waals surface area contributed by atoms with E-state index in [9.17, 15) is 23.1 Å². The number of carbonyl (C=O) groups is 2. The van der Waals surface area contributed by atoms with Crippen LogP contribution in [0, 0.1) is 24.2 Å². The molecule has 31 heavy (non-hydrogen) atoms. The van der Waals surface area contributed by atoms with E-state index >= 15 is 0 Å². The van der Waals surface area contributed by atoms with Crippen molar-refractivity contribution in [1.29, 1.82) is 5.26 Å². The van der Waals surface area contributed by atoms with Crippen molar-refractivity contribution in [3.63, 3.8) is 0 Å². The van der Waals surface area contributed by atoms with Crippen LogP contribution in [-0.4, -0.2) is 50.9 Å². The maximum atomic E-state index is 11.7. The Balaban J connectivity index is 0.000000423. The first-order chi connectivity index (χ1) is 14.4. The topological polar surface area (TPSA) is 107 Å². The Bertz CT molecular complexity index is 977. The third-order valence-corrected chi connectivity index (χ3v) is 5.04. The first-order valence-electron chi connectivity index (χ1n) is 9.29. The van der Waals surface area contributed by atoms with Gasteiger partial charge in [0, 0.05) is 38.8 Å². The fourth-order valence-electron chi connectivity index (χ4n) is 3.50. The molecular weight excluding hydrogens is 415 g/mol. The molecule has 0 unspecified atom stereocenters. The van der Waals surface area contributed by atoms with E-state index in [0.717, 1.165) is 17.7 Å². The minimum absolute atomic E-state index is 0.00208. The quantitative estimate of drug-likeness (QED) is 0.761. The minimum atomic E-state index is -5.08. The molecule has 1 aliphatic heterocycles. The second kappa shape index (κ2) is 9.66. The molecule has 1 aliphatic rings. The molecule has 3 rings (SSSR count). The summed E-state index contributed by atoms with van der Waals surface area (Å²) in [5.74, 6) is -3.89. The molecule has 0 radical (unpaired) electrons. The van der Waals surface area contributed by atoms with Crippen LogP contribution in [0.15, 0.2) is 36.5 Å². The zero-order valence-electron chi connectivity index (χ0n) is 16.9. The van der Waals surface area contributed by atoms with Crippen molar-refractivity contribution in [2.75, 3.05) is 13.1 Å². The molecule has 1 fully saturated rings. The maximum Gasteiger partial charge on any atom is 0.490 e. The van der Waals surface area contributed by atoms with Gasteiger partial charge < -0.3 is 14.8 Å². The molecule has 2 atom stereocenters. The molecule has 0 saturated carbocycles. The first kappa shape index (κ1) is 24.0. The average Bonchev–Trinajstić information content (AvgIpc) is 3.25. The predicted molar refractivity (Wildman–Crippen MR) is 104 cm³/mol. The van der Waals surface area contributed by atoms with Crippen molar-refractivity contribution < 1.29 is 33.0 Å². The normalized spacial score (nSPS) is 18.7. The van der Waals surface area contributed by atoms with E-state index in [1.54, 1.807) is 4.57 Å². The summed E-state index contributed by atoms with van der Waals surface area (Å²) >= 11 is 0. The van der Waals surface area contributed by atoms with Crippen molar-refractivity contribution in [3.05, 3.63) is 58.9 Å². The molecule has 2 heterocycles. The van der Waals surface area contributed by atoms with Gasteiger partial charge in [0.05, 0.1) is 5.92 Å². The summed E-state index contributed by atoms with van der Waals surface area (Å²) in [5.41, 5.74) is 3.92. The van der Waals surface area contributed by atoms with Crippen molar-refractivity contribution in [2.45, 2.75) is 25.6 Å². The molecule has 0 bridgehead atoms. The summed E-state index contributed by atoms with van der Waals surface area (Å²) < 4.78 is 33.5. The van der Waals surface area contributed by atoms with E-state index in [1.165, 1.54) is 5.56 Å². The van der Waals surface area contributed by atoms with Gasteiger partial charge in [-0.1, -0.05) is 29.8 Å². The molecule has 10 heteroatoms. The van der Waals surface area contributed by atoms with Crippen LogP contribution >= 0.6 is 0 Å². The molecule has 1 aromatic heterocycles. The second-order valence-corrected chi connectivity index (χ2v) is 7.42. The third kappa shape index (κ3) is 6.33. The lowest BCUT2D eigenvalue weighted by molar-refractivity contribution is -0.192. The lowest BCUT2D eigenvalue weighted by Gasteiger charge is -2.16. The third-order valence-electron chi connectivity index (χ3n) is 5.04. The summed E-state index contributed by atoms with van der Waals surface area (Å²) in [4.78, 5) is 22.7. The molecule has 0 amide bonds. The number of carboxylic acids is 2. The van der Waals surface area contributed by atoms with Gasteiger partial charge in [0.2, 0.25) is 0 Å². The van der Waals surface area contributed by atoms with Gasteiger partial charge in [-0.25, -0.2) is 4.79 Å². The Morgan fingerprint density at radius 2 is 1.77 bits per heavy atom. The van der Waals surface area contributed by atoms with Gasteiger partial charge in [-0.15, -0.1) is 0 Å². The Labute approximate surface area is 176 Å². The van der Waals surface area contributed by atoms with E-state index in [1.807, 2.05) is 50.5 Å². The Morgan fingerprint density at radius 1 is 1.19 bits per heavy atom. The van der Waals surface area contributed by atoms with Crippen LogP contribution in [0.5, 0.6) is 0 Å². The van der Waals surface area contributed by atoms with Gasteiger partial charge in [-0.05, 0) is 24.1 Å². The number of alkyl halides is 3. The zero-order valence-corrected chi connectivity index (χ0v) is 16.9. The molecular formula is C21H22F3N3O4. The highest BCUT2D eigenvalue weighted by atomic mass is 19.4. The largest absolute Gasteiger partial charge is 0.490 e. The fraction of sp³-hybridized carbons (Fsp3) is 0.381. The standard InChI is InChI=1S/C19H21N3O2.C2HF3O2/c1-13-3-5-15(6-4-13)17-11-22(12-18(17)19(23)24)10-14-7-16(8-20)21(2)9-14;3-2(4,5)1(6)7/h3-7,9,17-18H,10-12H2,1-2H3,(H,23,24);(H,6,7)/t17-,18+;/m0./s1. The number of hydrogen-bond donors (Lipinski definition) is 2. The second-order valence-electron chi connectivity index (χ2n) is 7.42. The van der Waals surface area contributed by atoms with Crippen LogP contribution in [0.1, 0.15) is 28.3 Å². The number of carboxylic acid groups (broad SMARTS) is 2. The molecule has 1 saturated heterocycles. The van der Waals surface area contributed by atoms with Gasteiger partial charge in [0.25, 0.3) is 0 Å². The van der Waals surface area contributed by atoms with E-state index in [-0.39, 0.29) is 5.92 Å². The number of likely N-dealkylation sites (tertiary alicyclic amines) is 1. The number of aliphatic carboxylic acids is 2. The van der Waals surface area contributed by atoms with Crippen molar-refractivity contribution in [1.82, 2.24) is 9.47 Å². The predicted octanol–water partition coefficient (Wildman–Crippen LogP) is 3.14. The molecule has 1 aromatic carbocycles. The van der Waals surface area contributed by atoms with Gasteiger partial charge in [0.1, 0.15) is 11.8 Å². The monoisotopic (exact) mass is 437 g/mol. The highest BCUT2D eigenvalue weighted by molar-refractivity contribution is 5.73. The van der Waals surface area contributed by atoms with Gasteiger partial charge in [-0.3, -0.25) is 9.69 Å². The van der Waals surface area contributed by atoms with Gasteiger partial charge in [0.15, 0.2) is 0 Å². The molecule has 0 aliphatic carbocycles. The number of rotatable bonds is 4. The first-order valence-corrected chi connectivity index (χ1v) is 9.29. The average molecular weight is 437 g/mol. The molecule has 2 N–H and O–H groups in total. The summed E-state index contributed by atoms with van der Waals surface area (Å²) in [6.45, 7) is 3.95. The molecule has 7 nitrogen and oxygen atoms in total. The van der Waals surface area contributed by atoms with Crippen LogP contribution in [0.2, 0.25) is 0 Å². The van der Waals surface area contributed by atoms with Crippen LogP contribution in [0.4, 0.5) is 13.2 Å². The van der Waals surface area contributed by atoms with E-state index < -0.39 is 24.0 Å². The van der Waals surface area contributed by atoms with Gasteiger partial charge >= 0.3 is 18.1 Å². The lowest BCUT2D eigenvalue weighted by Crippen LogP contribution is -2.23. The number of halogens is 3. The molecule has 0 spiro atoms. The van der Waals surface area contributed by atoms with Gasteiger partial charge in [-0.2, -0.15) is 18.4 Å². The van der Waals surface area contributed by atoms with E-state index in [0.29, 0.717) is 18.8 Å². The highest BCUT2D eigenvalue weighted by Gasteiger charge is 2.39. The molecule has 2 aromatic rings. The number of aromatic nitrogens is 1. The highest BCUT2D eigenvalue weighted by Crippen LogP contribution is 2.34. The SMILES string of the molecule is Cc1ccc([C@@H]2CN(Cc3cc(C#N)n(C)c3)C[C@H]2C(=O)O)cc1.O=C(O)C(F)(F)F. The minimum Gasteiger partial charge on any atom is -0.481 e. The zero-order chi connectivity index (χ0) is 23.3. The van der Waals surface area contributed by atoms with Crippen molar-refractivity contribution in [3.8, 4) is 6.07 Å². The summed E-state index contributed by atoms with van der Waals surface area (Å²) in [5, 5.41) is 25.8. The summed E-state index contributed by atoms with van der Waals surface area (Å²) in [6.07, 6.45) is -3.15. The van der Waals surface area contributed by atoms with Crippen LogP contribution in [-0.2, 0) is 23.2 Å². The van der Waals surface area contributed by atoms with Crippen LogP contribution in [0.3, 0.4) is 0 Å². The Kier molecular flexibility index (Phi) is 7.46. The number of hydrogen-bond acceptors (Lipinski definition) is 4. The Morgan fingerprint density at radius 3 is 2.23 bits per heavy atom. The summed E-state index contributed by atoms with van der Waals surface area (Å²) in [6, 6.07) is 12.2. The Hall–Kier alpha value is -3.32. The maximum absolute atomic E-state index is 11.7. The summed E-state index contributed by atoms with van der Waals surface area (Å²) in [7, 11) is 1.85. The van der Waals surface area contributed by atoms with Crippen LogP contribution < -0.4 is 0 Å². The number of benzene rings is 1. The molecule has 166 valence electrons. The van der Waals surface area contributed by atoms with E-state index in [4.69, 9.17) is 15.2 Å². The number of nitrogens with zero attached hydrogens (tertiary/aromatic N) is 3. The lowest BCUT2D eigenvalue weighted by atomic mass is 9.89. The van der Waals surface area contributed by atoms with E-state index in [2.05, 4.69) is 11.0 Å². The van der Waals surface area contributed by atoms with Crippen LogP contribution in [0.25, 0.3) is 0 Å². The smallest absolute Gasteiger partial charge is 0.481 e. The number of nitriles is 1. The number of aryl methyl sites for hydroxylation is 2. The fourth-order valence-corrected chi connectivity index (χ4v) is 3.50. The van der Waals surface area contributed by atoms with Crippen molar-refractivity contribution in [2.24, 2.45) is 13.0 Å².